The van der Waals surface area contributed by atoms with Crippen molar-refractivity contribution in [2.45, 2.75) is 52.0 Å². The zero-order chi connectivity index (χ0) is 13.3. The summed E-state index contributed by atoms with van der Waals surface area (Å²) in [6, 6.07) is 5.49. The Balaban J connectivity index is 2.26. The van der Waals surface area contributed by atoms with E-state index in [1.54, 1.807) is 6.07 Å². The van der Waals surface area contributed by atoms with Crippen LogP contribution in [0.2, 0.25) is 0 Å². The fraction of sp³-hybridized carbons (Fsp3) is 0.625. The Morgan fingerprint density at radius 2 is 2.00 bits per heavy atom. The minimum atomic E-state index is -0.0922. The van der Waals surface area contributed by atoms with Crippen LogP contribution in [0.4, 0.5) is 4.39 Å². The smallest absolute Gasteiger partial charge is 0.126 e. The van der Waals surface area contributed by atoms with Crippen LogP contribution >= 0.6 is 0 Å². The molecule has 1 aromatic carbocycles. The molecule has 3 unspecified atom stereocenters. The monoisotopic (exact) mass is 249 g/mol. The molecular weight excluding hydrogens is 225 g/mol. The van der Waals surface area contributed by atoms with Gasteiger partial charge in [0, 0.05) is 12.0 Å². The summed E-state index contributed by atoms with van der Waals surface area (Å²) in [5.74, 6) is 1.43. The molecule has 2 heteroatoms. The molecule has 1 aliphatic rings. The first kappa shape index (κ1) is 13.5. The zero-order valence-electron chi connectivity index (χ0n) is 11.6. The molecule has 18 heavy (non-hydrogen) atoms. The number of aryl methyl sites for hydroxylation is 1. The van der Waals surface area contributed by atoms with Crippen molar-refractivity contribution < 1.29 is 4.39 Å². The van der Waals surface area contributed by atoms with E-state index in [1.807, 2.05) is 19.1 Å². The number of halogens is 1. The molecule has 0 amide bonds. The summed E-state index contributed by atoms with van der Waals surface area (Å²) >= 11 is 0. The molecule has 1 nitrogen and oxygen atoms in total. The first-order valence-corrected chi connectivity index (χ1v) is 7.00. The Labute approximate surface area is 110 Å². The Morgan fingerprint density at radius 3 is 2.67 bits per heavy atom. The Hall–Kier alpha value is -0.890. The van der Waals surface area contributed by atoms with Gasteiger partial charge >= 0.3 is 0 Å². The zero-order valence-corrected chi connectivity index (χ0v) is 11.6. The molecule has 1 aliphatic carbocycles. The second-order valence-electron chi connectivity index (χ2n) is 6.11. The topological polar surface area (TPSA) is 26.0 Å². The number of rotatable bonds is 2. The summed E-state index contributed by atoms with van der Waals surface area (Å²) in [6.45, 7) is 6.52. The third-order valence-electron chi connectivity index (χ3n) is 4.44. The molecule has 0 spiro atoms. The van der Waals surface area contributed by atoms with Gasteiger partial charge in [-0.15, -0.1) is 0 Å². The van der Waals surface area contributed by atoms with Crippen LogP contribution < -0.4 is 5.73 Å². The van der Waals surface area contributed by atoms with Gasteiger partial charge in [-0.25, -0.2) is 4.39 Å². The Morgan fingerprint density at radius 1 is 1.28 bits per heavy atom. The van der Waals surface area contributed by atoms with E-state index in [0.717, 1.165) is 24.0 Å². The molecule has 0 heterocycles. The van der Waals surface area contributed by atoms with E-state index in [1.165, 1.54) is 6.42 Å². The maximum Gasteiger partial charge on any atom is 0.126 e. The average molecular weight is 249 g/mol. The summed E-state index contributed by atoms with van der Waals surface area (Å²) in [6.07, 6.45) is 3.23. The van der Waals surface area contributed by atoms with Crippen molar-refractivity contribution in [3.05, 3.63) is 35.1 Å². The van der Waals surface area contributed by atoms with Gasteiger partial charge in [0.2, 0.25) is 0 Å². The molecule has 1 aromatic rings. The van der Waals surface area contributed by atoms with E-state index in [2.05, 4.69) is 13.8 Å². The lowest BCUT2D eigenvalue weighted by atomic mass is 9.71. The molecule has 1 fully saturated rings. The van der Waals surface area contributed by atoms with Crippen LogP contribution in [0.5, 0.6) is 0 Å². The lowest BCUT2D eigenvalue weighted by molar-refractivity contribution is 0.230. The molecule has 2 N–H and O–H groups in total. The number of hydrogen-bond acceptors (Lipinski definition) is 1. The van der Waals surface area contributed by atoms with Crippen molar-refractivity contribution in [3.63, 3.8) is 0 Å². The number of nitrogens with two attached hydrogens (primary N) is 1. The van der Waals surface area contributed by atoms with Gasteiger partial charge in [-0.2, -0.15) is 0 Å². The number of hydrogen-bond donors (Lipinski definition) is 1. The third kappa shape index (κ3) is 2.74. The molecule has 100 valence electrons. The van der Waals surface area contributed by atoms with E-state index in [-0.39, 0.29) is 17.8 Å². The van der Waals surface area contributed by atoms with Crippen LogP contribution in [0.3, 0.4) is 0 Å². The molecule has 0 bridgehead atoms. The van der Waals surface area contributed by atoms with Crippen molar-refractivity contribution in [1.29, 1.82) is 0 Å². The number of benzene rings is 1. The van der Waals surface area contributed by atoms with E-state index >= 15 is 0 Å². The predicted octanol–water partition coefficient (Wildman–Crippen LogP) is 4.00. The van der Waals surface area contributed by atoms with Gasteiger partial charge in [-0.05, 0) is 49.7 Å². The normalized spacial score (nSPS) is 28.7. The Kier molecular flexibility index (Phi) is 4.06. The van der Waals surface area contributed by atoms with Crippen molar-refractivity contribution in [2.24, 2.45) is 17.6 Å². The largest absolute Gasteiger partial charge is 0.327 e. The van der Waals surface area contributed by atoms with Gasteiger partial charge in [-0.1, -0.05) is 31.5 Å². The van der Waals surface area contributed by atoms with Crippen molar-refractivity contribution in [3.8, 4) is 0 Å². The molecule has 0 saturated heterocycles. The third-order valence-corrected chi connectivity index (χ3v) is 4.44. The molecule has 0 aromatic heterocycles. The summed E-state index contributed by atoms with van der Waals surface area (Å²) in [5, 5.41) is 0. The molecule has 0 radical (unpaired) electrons. The van der Waals surface area contributed by atoms with Gasteiger partial charge in [0.1, 0.15) is 5.82 Å². The summed E-state index contributed by atoms with van der Waals surface area (Å²) in [4.78, 5) is 0. The van der Waals surface area contributed by atoms with Crippen LogP contribution in [-0.4, -0.2) is 6.04 Å². The van der Waals surface area contributed by atoms with Gasteiger partial charge in [0.15, 0.2) is 0 Å². The fourth-order valence-electron chi connectivity index (χ4n) is 3.14. The minimum absolute atomic E-state index is 0.0922. The first-order chi connectivity index (χ1) is 8.49. The van der Waals surface area contributed by atoms with Gasteiger partial charge < -0.3 is 5.73 Å². The highest BCUT2D eigenvalue weighted by molar-refractivity contribution is 5.29. The molecule has 1 saturated carbocycles. The highest BCUT2D eigenvalue weighted by Crippen LogP contribution is 2.39. The molecule has 3 atom stereocenters. The van der Waals surface area contributed by atoms with Crippen molar-refractivity contribution in [1.82, 2.24) is 0 Å². The first-order valence-electron chi connectivity index (χ1n) is 7.00. The average Bonchev–Trinajstić information content (AvgIpc) is 2.33. The highest BCUT2D eigenvalue weighted by atomic mass is 19.1. The minimum Gasteiger partial charge on any atom is -0.327 e. The van der Waals surface area contributed by atoms with E-state index < -0.39 is 0 Å². The van der Waals surface area contributed by atoms with Gasteiger partial charge in [-0.3, -0.25) is 0 Å². The maximum atomic E-state index is 14.0. The van der Waals surface area contributed by atoms with Crippen molar-refractivity contribution in [2.75, 3.05) is 0 Å². The Bertz CT molecular complexity index is 414. The van der Waals surface area contributed by atoms with Crippen LogP contribution in [-0.2, 0) is 0 Å². The summed E-state index contributed by atoms with van der Waals surface area (Å²) in [5.41, 5.74) is 8.17. The standard InChI is InChI=1S/C16H24FN/c1-10(2)12-5-7-16(18)14(9-12)13-8-11(3)4-6-15(13)17/h4,6,8,10,12,14,16H,5,7,9,18H2,1-3H3. The van der Waals surface area contributed by atoms with E-state index in [4.69, 9.17) is 5.73 Å². The summed E-state index contributed by atoms with van der Waals surface area (Å²) < 4.78 is 14.0. The quantitative estimate of drug-likeness (QED) is 0.842. The SMILES string of the molecule is Cc1ccc(F)c(C2CC(C(C)C)CCC2N)c1. The maximum absolute atomic E-state index is 14.0. The van der Waals surface area contributed by atoms with Crippen LogP contribution in [0.15, 0.2) is 18.2 Å². The van der Waals surface area contributed by atoms with E-state index in [0.29, 0.717) is 11.8 Å². The van der Waals surface area contributed by atoms with Crippen LogP contribution in [0.25, 0.3) is 0 Å². The van der Waals surface area contributed by atoms with E-state index in [9.17, 15) is 4.39 Å². The van der Waals surface area contributed by atoms with Gasteiger partial charge in [0.25, 0.3) is 0 Å². The van der Waals surface area contributed by atoms with Gasteiger partial charge in [0.05, 0.1) is 0 Å². The van der Waals surface area contributed by atoms with Crippen molar-refractivity contribution >= 4 is 0 Å². The predicted molar refractivity (Wildman–Crippen MR) is 74.0 cm³/mol. The molecule has 2 rings (SSSR count). The van der Waals surface area contributed by atoms with Crippen LogP contribution in [0, 0.1) is 24.6 Å². The van der Waals surface area contributed by atoms with Crippen LogP contribution in [0.1, 0.15) is 50.2 Å². The molecular formula is C16H24FN. The highest BCUT2D eigenvalue weighted by Gasteiger charge is 2.32. The summed E-state index contributed by atoms with van der Waals surface area (Å²) in [7, 11) is 0. The second kappa shape index (κ2) is 5.40. The lowest BCUT2D eigenvalue weighted by Crippen LogP contribution is -2.36. The lowest BCUT2D eigenvalue weighted by Gasteiger charge is -2.36. The fourth-order valence-corrected chi connectivity index (χ4v) is 3.14. The molecule has 0 aliphatic heterocycles. The second-order valence-corrected chi connectivity index (χ2v) is 6.11.